The molecular weight excluding hydrogens is 741 g/mol. The lowest BCUT2D eigenvalue weighted by molar-refractivity contribution is 0.670. The van der Waals surface area contributed by atoms with Gasteiger partial charge in [-0.05, 0) is 105 Å². The summed E-state index contributed by atoms with van der Waals surface area (Å²) in [4.78, 5) is 2.38. The topological polar surface area (TPSA) is 21.3 Å². The van der Waals surface area contributed by atoms with Crippen molar-refractivity contribution in [2.45, 2.75) is 0 Å². The number of furan rings is 1. The van der Waals surface area contributed by atoms with Crippen LogP contribution in [0.15, 0.2) is 235 Å². The summed E-state index contributed by atoms with van der Waals surface area (Å²) in [5, 5.41) is 6.96. The Labute approximate surface area is 353 Å². The number of hydrogen-bond acceptors (Lipinski definition) is 2. The first kappa shape index (κ1) is 34.9. The Morgan fingerprint density at radius 2 is 0.918 bits per heavy atom. The minimum atomic E-state index is 0.875. The van der Waals surface area contributed by atoms with Gasteiger partial charge in [0.05, 0.1) is 11.0 Å². The van der Waals surface area contributed by atoms with Crippen LogP contribution in [0, 0.1) is 0 Å². The van der Waals surface area contributed by atoms with E-state index in [2.05, 4.69) is 240 Å². The fourth-order valence-corrected chi connectivity index (χ4v) is 9.37. The van der Waals surface area contributed by atoms with Crippen LogP contribution in [0.5, 0.6) is 0 Å². The minimum Gasteiger partial charge on any atom is -0.455 e. The van der Waals surface area contributed by atoms with Gasteiger partial charge in [0, 0.05) is 49.9 Å². The second-order valence-electron chi connectivity index (χ2n) is 15.7. The molecule has 0 aliphatic rings. The van der Waals surface area contributed by atoms with E-state index in [9.17, 15) is 0 Å². The first-order valence-corrected chi connectivity index (χ1v) is 20.8. The summed E-state index contributed by atoms with van der Waals surface area (Å²) in [6, 6.07) is 82.8. The van der Waals surface area contributed by atoms with E-state index in [1.54, 1.807) is 0 Å². The highest BCUT2D eigenvalue weighted by molar-refractivity contribution is 6.24. The van der Waals surface area contributed by atoms with E-state index in [1.807, 2.05) is 0 Å². The second-order valence-corrected chi connectivity index (χ2v) is 15.7. The number of nitrogens with zero attached hydrogens (tertiary/aromatic N) is 2. The maximum Gasteiger partial charge on any atom is 0.143 e. The fourth-order valence-electron chi connectivity index (χ4n) is 9.37. The van der Waals surface area contributed by atoms with Gasteiger partial charge in [-0.15, -0.1) is 0 Å². The van der Waals surface area contributed by atoms with E-state index in [1.165, 1.54) is 49.3 Å². The normalized spacial score (nSPS) is 11.6. The smallest absolute Gasteiger partial charge is 0.143 e. The maximum atomic E-state index is 7.02. The molecule has 10 aromatic carbocycles. The van der Waals surface area contributed by atoms with E-state index < -0.39 is 0 Å². The monoisotopic (exact) mass is 778 g/mol. The van der Waals surface area contributed by atoms with Gasteiger partial charge in [0.25, 0.3) is 0 Å². The molecule has 0 saturated heterocycles. The van der Waals surface area contributed by atoms with Gasteiger partial charge in [-0.25, -0.2) is 0 Å². The number of fused-ring (bicyclic) bond motifs is 8. The van der Waals surface area contributed by atoms with Crippen molar-refractivity contribution in [1.82, 2.24) is 4.57 Å². The molecule has 0 bridgehead atoms. The van der Waals surface area contributed by atoms with E-state index in [0.29, 0.717) is 0 Å². The molecule has 0 saturated carbocycles. The molecule has 0 N–H and O–H groups in total. The molecule has 0 aliphatic carbocycles. The zero-order chi connectivity index (χ0) is 40.3. The Balaban J connectivity index is 1.10. The van der Waals surface area contributed by atoms with Gasteiger partial charge in [-0.3, -0.25) is 0 Å². The molecule has 3 nitrogen and oxygen atoms in total. The average Bonchev–Trinajstić information content (AvgIpc) is 3.89. The summed E-state index contributed by atoms with van der Waals surface area (Å²) in [5.74, 6) is 0. The van der Waals surface area contributed by atoms with Crippen molar-refractivity contribution in [2.24, 2.45) is 0 Å². The third-order valence-electron chi connectivity index (χ3n) is 12.2. The van der Waals surface area contributed by atoms with Crippen LogP contribution >= 0.6 is 0 Å². The number of rotatable bonds is 7. The van der Waals surface area contributed by atoms with Crippen LogP contribution in [0.2, 0.25) is 0 Å². The quantitative estimate of drug-likeness (QED) is 0.161. The molecule has 12 rings (SSSR count). The van der Waals surface area contributed by atoms with E-state index in [-0.39, 0.29) is 0 Å². The van der Waals surface area contributed by atoms with Crippen molar-refractivity contribution in [3.63, 3.8) is 0 Å². The first-order valence-electron chi connectivity index (χ1n) is 20.8. The number of benzene rings is 10. The van der Waals surface area contributed by atoms with Crippen LogP contribution in [0.4, 0.5) is 17.1 Å². The van der Waals surface area contributed by atoms with E-state index in [0.717, 1.165) is 61.3 Å². The predicted octanol–water partition coefficient (Wildman–Crippen LogP) is 16.3. The zero-order valence-electron chi connectivity index (χ0n) is 33.2. The van der Waals surface area contributed by atoms with E-state index >= 15 is 0 Å². The van der Waals surface area contributed by atoms with Crippen LogP contribution < -0.4 is 4.90 Å². The van der Waals surface area contributed by atoms with Crippen molar-refractivity contribution in [3.8, 4) is 39.1 Å². The molecule has 0 spiro atoms. The number of anilines is 3. The largest absolute Gasteiger partial charge is 0.455 e. The van der Waals surface area contributed by atoms with Crippen molar-refractivity contribution in [2.75, 3.05) is 4.90 Å². The Bertz CT molecular complexity index is 3550. The lowest BCUT2D eigenvalue weighted by Crippen LogP contribution is -2.10. The first-order chi connectivity index (χ1) is 30.3. The summed E-state index contributed by atoms with van der Waals surface area (Å²) in [5.41, 5.74) is 15.3. The molecule has 0 amide bonds. The molecule has 2 aromatic heterocycles. The molecule has 286 valence electrons. The van der Waals surface area contributed by atoms with Crippen LogP contribution in [0.3, 0.4) is 0 Å². The Hall–Kier alpha value is -8.14. The highest BCUT2D eigenvalue weighted by Gasteiger charge is 2.23. The summed E-state index contributed by atoms with van der Waals surface area (Å²) >= 11 is 0. The zero-order valence-corrected chi connectivity index (χ0v) is 33.2. The summed E-state index contributed by atoms with van der Waals surface area (Å²) in [7, 11) is 0. The number of aromatic nitrogens is 1. The third-order valence-corrected chi connectivity index (χ3v) is 12.2. The lowest BCUT2D eigenvalue weighted by atomic mass is 9.95. The van der Waals surface area contributed by atoms with Crippen molar-refractivity contribution < 1.29 is 4.42 Å². The van der Waals surface area contributed by atoms with Crippen LogP contribution in [-0.4, -0.2) is 4.57 Å². The standard InChI is InChI=1S/C58H38N2O/c1-4-15-39(16-5-1)40-27-29-41(30-28-40)42-31-34-46(35-32-42)59(44-18-6-2-7-19-44)47-37-51(58-52(38-47)57-48-22-11-10-17-43(48)33-36-55(57)61-58)49-24-14-26-54-56(49)50-23-12-13-25-53(50)60(54)45-20-8-3-9-21-45/h1-38H. The molecular formula is C58H38N2O. The maximum absolute atomic E-state index is 7.02. The van der Waals surface area contributed by atoms with Gasteiger partial charge in [-0.1, -0.05) is 164 Å². The molecule has 3 heteroatoms. The Kier molecular flexibility index (Phi) is 8.17. The summed E-state index contributed by atoms with van der Waals surface area (Å²) in [6.07, 6.45) is 0. The van der Waals surface area contributed by atoms with Gasteiger partial charge in [0.1, 0.15) is 11.2 Å². The SMILES string of the molecule is c1ccc(-c2ccc(-c3ccc(N(c4ccccc4)c4cc(-c5cccc6c5c5ccccc5n6-c5ccccc5)c5oc6ccc7ccccc7c6c5c4)cc3)cc2)cc1. The van der Waals surface area contributed by atoms with Gasteiger partial charge < -0.3 is 13.9 Å². The van der Waals surface area contributed by atoms with Crippen LogP contribution in [0.1, 0.15) is 0 Å². The number of para-hydroxylation sites is 3. The van der Waals surface area contributed by atoms with Crippen molar-refractivity contribution in [1.29, 1.82) is 0 Å². The second kappa shape index (κ2) is 14.3. The molecule has 12 aromatic rings. The van der Waals surface area contributed by atoms with Crippen LogP contribution in [-0.2, 0) is 0 Å². The van der Waals surface area contributed by atoms with Gasteiger partial charge in [0.15, 0.2) is 0 Å². The summed E-state index contributed by atoms with van der Waals surface area (Å²) in [6.45, 7) is 0. The lowest BCUT2D eigenvalue weighted by Gasteiger charge is -2.26. The molecule has 0 fully saturated rings. The van der Waals surface area contributed by atoms with Crippen molar-refractivity contribution in [3.05, 3.63) is 231 Å². The van der Waals surface area contributed by atoms with Gasteiger partial charge >= 0.3 is 0 Å². The molecule has 0 aliphatic heterocycles. The predicted molar refractivity (Wildman–Crippen MR) is 257 cm³/mol. The highest BCUT2D eigenvalue weighted by atomic mass is 16.3. The molecule has 61 heavy (non-hydrogen) atoms. The van der Waals surface area contributed by atoms with Crippen molar-refractivity contribution >= 4 is 71.6 Å². The molecule has 0 atom stereocenters. The molecule has 0 unspecified atom stereocenters. The van der Waals surface area contributed by atoms with Gasteiger partial charge in [-0.2, -0.15) is 0 Å². The summed E-state index contributed by atoms with van der Waals surface area (Å²) < 4.78 is 9.40. The van der Waals surface area contributed by atoms with E-state index in [4.69, 9.17) is 4.42 Å². The molecule has 2 heterocycles. The fraction of sp³-hybridized carbons (Fsp3) is 0. The molecule has 0 radical (unpaired) electrons. The highest BCUT2D eigenvalue weighted by Crippen LogP contribution is 2.48. The Morgan fingerprint density at radius 3 is 1.66 bits per heavy atom. The van der Waals surface area contributed by atoms with Gasteiger partial charge in [0.2, 0.25) is 0 Å². The average molecular weight is 779 g/mol. The minimum absolute atomic E-state index is 0.875. The Morgan fingerprint density at radius 1 is 0.344 bits per heavy atom. The number of hydrogen-bond donors (Lipinski definition) is 0. The van der Waals surface area contributed by atoms with Crippen LogP contribution in [0.25, 0.3) is 93.6 Å². The third kappa shape index (κ3) is 5.82.